The van der Waals surface area contributed by atoms with E-state index in [1.807, 2.05) is 48.3 Å². The van der Waals surface area contributed by atoms with Crippen LogP contribution >= 0.6 is 0 Å². The van der Waals surface area contributed by atoms with Crippen LogP contribution in [0.15, 0.2) is 36.7 Å². The van der Waals surface area contributed by atoms with E-state index in [0.29, 0.717) is 5.92 Å². The zero-order valence-corrected chi connectivity index (χ0v) is 10.3. The molecule has 1 atom stereocenters. The monoisotopic (exact) mass is 230 g/mol. The molecule has 4 heteroatoms. The van der Waals surface area contributed by atoms with Crippen molar-refractivity contribution in [2.45, 2.75) is 20.4 Å². The minimum atomic E-state index is 0.511. The van der Waals surface area contributed by atoms with Gasteiger partial charge in [0.2, 0.25) is 0 Å². The predicted octanol–water partition coefficient (Wildman–Crippen LogP) is 2.33. The normalized spacial score (nSPS) is 12.4. The minimum absolute atomic E-state index is 0.511. The third-order valence-corrected chi connectivity index (χ3v) is 2.58. The molecule has 0 bridgehead atoms. The van der Waals surface area contributed by atoms with Gasteiger partial charge in [-0.2, -0.15) is 5.10 Å². The molecule has 0 amide bonds. The van der Waals surface area contributed by atoms with Crippen molar-refractivity contribution in [1.29, 1.82) is 0 Å². The van der Waals surface area contributed by atoms with Crippen LogP contribution in [0.4, 0.5) is 5.82 Å². The van der Waals surface area contributed by atoms with Crippen molar-refractivity contribution in [3.8, 4) is 0 Å². The number of aromatic nitrogens is 3. The van der Waals surface area contributed by atoms with Crippen molar-refractivity contribution in [1.82, 2.24) is 14.8 Å². The van der Waals surface area contributed by atoms with Crippen molar-refractivity contribution < 1.29 is 0 Å². The van der Waals surface area contributed by atoms with Gasteiger partial charge in [0.15, 0.2) is 0 Å². The summed E-state index contributed by atoms with van der Waals surface area (Å²) < 4.78 is 1.95. The van der Waals surface area contributed by atoms with Crippen molar-refractivity contribution in [2.75, 3.05) is 11.9 Å². The molecule has 2 aromatic heterocycles. The van der Waals surface area contributed by atoms with Gasteiger partial charge in [-0.1, -0.05) is 13.0 Å². The lowest BCUT2D eigenvalue weighted by molar-refractivity contribution is 0.467. The van der Waals surface area contributed by atoms with Crippen LogP contribution in [-0.4, -0.2) is 21.3 Å². The van der Waals surface area contributed by atoms with Crippen molar-refractivity contribution in [3.63, 3.8) is 0 Å². The van der Waals surface area contributed by atoms with E-state index in [9.17, 15) is 0 Å². The predicted molar refractivity (Wildman–Crippen MR) is 68.9 cm³/mol. The quantitative estimate of drug-likeness (QED) is 0.857. The number of nitrogens with zero attached hydrogens (tertiary/aromatic N) is 3. The molecule has 0 aromatic carbocycles. The fourth-order valence-corrected chi connectivity index (χ4v) is 1.71. The maximum atomic E-state index is 4.41. The molecule has 4 nitrogen and oxygen atoms in total. The maximum absolute atomic E-state index is 4.41. The highest BCUT2D eigenvalue weighted by Crippen LogP contribution is 2.06. The van der Waals surface area contributed by atoms with Crippen LogP contribution in [0.2, 0.25) is 0 Å². The average Bonchev–Trinajstić information content (AvgIpc) is 2.79. The molecule has 0 saturated carbocycles. The number of anilines is 1. The molecule has 0 aliphatic rings. The Morgan fingerprint density at radius 3 is 2.94 bits per heavy atom. The Morgan fingerprint density at radius 2 is 2.24 bits per heavy atom. The summed E-state index contributed by atoms with van der Waals surface area (Å²) in [5.74, 6) is 1.45. The van der Waals surface area contributed by atoms with Crippen molar-refractivity contribution in [3.05, 3.63) is 42.4 Å². The first kappa shape index (κ1) is 11.6. The SMILES string of the molecule is Cc1cccc(NCC(C)Cn2cccn2)n1. The summed E-state index contributed by atoms with van der Waals surface area (Å²) in [4.78, 5) is 4.41. The first-order chi connectivity index (χ1) is 8.24. The summed E-state index contributed by atoms with van der Waals surface area (Å²) in [6.07, 6.45) is 3.80. The fourth-order valence-electron chi connectivity index (χ4n) is 1.71. The third-order valence-electron chi connectivity index (χ3n) is 2.58. The Kier molecular flexibility index (Phi) is 3.75. The van der Waals surface area contributed by atoms with E-state index in [2.05, 4.69) is 22.3 Å². The summed E-state index contributed by atoms with van der Waals surface area (Å²) in [5, 5.41) is 7.54. The van der Waals surface area contributed by atoms with E-state index < -0.39 is 0 Å². The van der Waals surface area contributed by atoms with Crippen molar-refractivity contribution >= 4 is 5.82 Å². The van der Waals surface area contributed by atoms with E-state index in [1.54, 1.807) is 0 Å². The third kappa shape index (κ3) is 3.59. The molecule has 2 rings (SSSR count). The minimum Gasteiger partial charge on any atom is -0.370 e. The molecule has 0 saturated heterocycles. The number of aryl methyl sites for hydroxylation is 1. The van der Waals surface area contributed by atoms with E-state index in [-0.39, 0.29) is 0 Å². The van der Waals surface area contributed by atoms with E-state index in [0.717, 1.165) is 24.6 Å². The summed E-state index contributed by atoms with van der Waals surface area (Å²) in [6, 6.07) is 7.96. The lowest BCUT2D eigenvalue weighted by Crippen LogP contribution is -2.17. The van der Waals surface area contributed by atoms with Crippen LogP contribution in [0.1, 0.15) is 12.6 Å². The van der Waals surface area contributed by atoms with Gasteiger partial charge in [-0.3, -0.25) is 4.68 Å². The lowest BCUT2D eigenvalue weighted by atomic mass is 10.2. The van der Waals surface area contributed by atoms with E-state index in [4.69, 9.17) is 0 Å². The summed E-state index contributed by atoms with van der Waals surface area (Å²) in [6.45, 7) is 6.02. The Hall–Kier alpha value is -1.84. The summed E-state index contributed by atoms with van der Waals surface area (Å²) >= 11 is 0. The number of hydrogen-bond donors (Lipinski definition) is 1. The number of pyridine rings is 1. The van der Waals surface area contributed by atoms with Crippen LogP contribution in [0, 0.1) is 12.8 Å². The second kappa shape index (κ2) is 5.48. The molecule has 17 heavy (non-hydrogen) atoms. The van der Waals surface area contributed by atoms with Crippen LogP contribution in [0.3, 0.4) is 0 Å². The first-order valence-electron chi connectivity index (χ1n) is 5.89. The van der Waals surface area contributed by atoms with E-state index in [1.165, 1.54) is 0 Å². The lowest BCUT2D eigenvalue weighted by Gasteiger charge is -2.13. The topological polar surface area (TPSA) is 42.7 Å². The largest absolute Gasteiger partial charge is 0.370 e. The molecule has 1 N–H and O–H groups in total. The Bertz CT molecular complexity index is 450. The van der Waals surface area contributed by atoms with Crippen LogP contribution in [0.5, 0.6) is 0 Å². The van der Waals surface area contributed by atoms with Crippen LogP contribution in [0.25, 0.3) is 0 Å². The Labute approximate surface area is 102 Å². The van der Waals surface area contributed by atoms with Crippen LogP contribution in [-0.2, 0) is 6.54 Å². The second-order valence-electron chi connectivity index (χ2n) is 4.38. The molecule has 0 radical (unpaired) electrons. The highest BCUT2D eigenvalue weighted by Gasteiger charge is 2.03. The first-order valence-corrected chi connectivity index (χ1v) is 5.89. The molecule has 1 unspecified atom stereocenters. The highest BCUT2D eigenvalue weighted by atomic mass is 15.3. The van der Waals surface area contributed by atoms with Crippen LogP contribution < -0.4 is 5.32 Å². The zero-order valence-electron chi connectivity index (χ0n) is 10.3. The van der Waals surface area contributed by atoms with Gasteiger partial charge in [0.05, 0.1) is 0 Å². The van der Waals surface area contributed by atoms with Crippen molar-refractivity contribution in [2.24, 2.45) is 5.92 Å². The van der Waals surface area contributed by atoms with Gasteiger partial charge in [-0.15, -0.1) is 0 Å². The van der Waals surface area contributed by atoms with Gasteiger partial charge >= 0.3 is 0 Å². The van der Waals surface area contributed by atoms with Gasteiger partial charge < -0.3 is 5.32 Å². The molecular weight excluding hydrogens is 212 g/mol. The van der Waals surface area contributed by atoms with E-state index >= 15 is 0 Å². The van der Waals surface area contributed by atoms with Gasteiger partial charge in [0.1, 0.15) is 5.82 Å². The average molecular weight is 230 g/mol. The molecule has 0 aliphatic heterocycles. The highest BCUT2D eigenvalue weighted by molar-refractivity contribution is 5.34. The number of hydrogen-bond acceptors (Lipinski definition) is 3. The molecule has 0 fully saturated rings. The number of rotatable bonds is 5. The Balaban J connectivity index is 1.82. The maximum Gasteiger partial charge on any atom is 0.126 e. The molecule has 0 aliphatic carbocycles. The van der Waals surface area contributed by atoms with Gasteiger partial charge in [-0.25, -0.2) is 4.98 Å². The molecule has 2 heterocycles. The van der Waals surface area contributed by atoms with Gasteiger partial charge in [-0.05, 0) is 31.0 Å². The second-order valence-corrected chi connectivity index (χ2v) is 4.38. The molecule has 2 aromatic rings. The molecule has 90 valence electrons. The zero-order chi connectivity index (χ0) is 12.1. The number of nitrogens with one attached hydrogen (secondary N) is 1. The van der Waals surface area contributed by atoms with Gasteiger partial charge in [0, 0.05) is 31.2 Å². The standard InChI is InChI=1S/C13H18N4/c1-11(10-17-8-4-7-15-17)9-14-13-6-3-5-12(2)16-13/h3-8,11H,9-10H2,1-2H3,(H,14,16). The molecular formula is C13H18N4. The fraction of sp³-hybridized carbons (Fsp3) is 0.385. The molecule has 0 spiro atoms. The van der Waals surface area contributed by atoms with Gasteiger partial charge in [0.25, 0.3) is 0 Å². The summed E-state index contributed by atoms with van der Waals surface area (Å²) in [7, 11) is 0. The smallest absolute Gasteiger partial charge is 0.126 e. The summed E-state index contributed by atoms with van der Waals surface area (Å²) in [5.41, 5.74) is 1.04. The Morgan fingerprint density at radius 1 is 1.35 bits per heavy atom.